The van der Waals surface area contributed by atoms with Gasteiger partial charge in [-0.05, 0) is 21.8 Å². The number of hydrogen-bond donors (Lipinski definition) is 3. The minimum atomic E-state index is -0.409. The van der Waals surface area contributed by atoms with Crippen molar-refractivity contribution < 1.29 is 5.11 Å². The predicted molar refractivity (Wildman–Crippen MR) is 63.5 cm³/mol. The number of aliphatic hydroxyl groups excluding tert-OH is 1. The molecule has 0 aliphatic heterocycles. The van der Waals surface area contributed by atoms with Crippen LogP contribution in [0.3, 0.4) is 0 Å². The van der Waals surface area contributed by atoms with Crippen LogP contribution >= 0.6 is 15.9 Å². The number of nitrogen functional groups attached to an aromatic ring is 1. The highest BCUT2D eigenvalue weighted by molar-refractivity contribution is 9.10. The highest BCUT2D eigenvalue weighted by Gasteiger charge is 2.11. The number of rotatable bonds is 4. The Balaban J connectivity index is 2.62. The normalized spacial score (nSPS) is 12.9. The van der Waals surface area contributed by atoms with Crippen LogP contribution in [-0.4, -0.2) is 27.7 Å². The van der Waals surface area contributed by atoms with Crippen LogP contribution in [-0.2, 0) is 0 Å². The summed E-state index contributed by atoms with van der Waals surface area (Å²) in [6, 6.07) is 0. The average Bonchev–Trinajstić information content (AvgIpc) is 2.19. The first-order chi connectivity index (χ1) is 7.02. The lowest BCUT2D eigenvalue weighted by Crippen LogP contribution is -2.25. The van der Waals surface area contributed by atoms with E-state index >= 15 is 0 Å². The van der Waals surface area contributed by atoms with Gasteiger partial charge in [-0.3, -0.25) is 0 Å². The Hall–Kier alpha value is -0.880. The van der Waals surface area contributed by atoms with E-state index in [0.717, 1.165) is 0 Å². The Morgan fingerprint density at radius 1 is 1.53 bits per heavy atom. The maximum Gasteiger partial charge on any atom is 0.146 e. The molecule has 0 saturated carbocycles. The van der Waals surface area contributed by atoms with Crippen molar-refractivity contribution in [3.8, 4) is 0 Å². The van der Waals surface area contributed by atoms with Gasteiger partial charge < -0.3 is 16.2 Å². The molecule has 1 aromatic heterocycles. The maximum absolute atomic E-state index is 9.60. The number of nitrogens with one attached hydrogen (secondary N) is 1. The molecule has 1 aromatic rings. The van der Waals surface area contributed by atoms with Gasteiger partial charge in [-0.2, -0.15) is 0 Å². The molecule has 1 unspecified atom stereocenters. The zero-order chi connectivity index (χ0) is 11.4. The third-order valence-electron chi connectivity index (χ3n) is 2.06. The molecule has 4 N–H and O–H groups in total. The predicted octanol–water partition coefficient (Wildman–Crippen LogP) is 1.25. The lowest BCUT2D eigenvalue weighted by molar-refractivity contribution is 0.138. The van der Waals surface area contributed by atoms with E-state index in [4.69, 9.17) is 5.73 Å². The quantitative estimate of drug-likeness (QED) is 0.770. The number of anilines is 2. The Morgan fingerprint density at radius 3 is 2.80 bits per heavy atom. The highest BCUT2D eigenvalue weighted by atomic mass is 79.9. The van der Waals surface area contributed by atoms with E-state index in [1.54, 1.807) is 0 Å². The fourth-order valence-corrected chi connectivity index (χ4v) is 1.29. The molecule has 0 amide bonds. The molecule has 0 radical (unpaired) electrons. The van der Waals surface area contributed by atoms with Crippen LogP contribution in [0, 0.1) is 5.92 Å². The highest BCUT2D eigenvalue weighted by Crippen LogP contribution is 2.23. The standard InChI is InChI=1S/C9H15BrN4O/c1-5(2)6(15)3-12-9-7(10)8(11)13-4-14-9/h4-6,15H,3H2,1-2H3,(H3,11,12,13,14). The van der Waals surface area contributed by atoms with Crippen molar-refractivity contribution in [1.29, 1.82) is 0 Å². The average molecular weight is 275 g/mol. The van der Waals surface area contributed by atoms with Gasteiger partial charge in [0.1, 0.15) is 22.4 Å². The van der Waals surface area contributed by atoms with Gasteiger partial charge in [0.2, 0.25) is 0 Å². The maximum atomic E-state index is 9.60. The number of nitrogens with two attached hydrogens (primary N) is 1. The number of aromatic nitrogens is 2. The van der Waals surface area contributed by atoms with E-state index < -0.39 is 6.10 Å². The summed E-state index contributed by atoms with van der Waals surface area (Å²) in [5, 5.41) is 12.6. The summed E-state index contributed by atoms with van der Waals surface area (Å²) in [4.78, 5) is 7.83. The first-order valence-electron chi connectivity index (χ1n) is 4.70. The number of aliphatic hydroxyl groups is 1. The zero-order valence-corrected chi connectivity index (χ0v) is 10.3. The Labute approximate surface area is 97.2 Å². The monoisotopic (exact) mass is 274 g/mol. The number of nitrogens with zero attached hydrogens (tertiary/aromatic N) is 2. The van der Waals surface area contributed by atoms with Gasteiger partial charge in [0.25, 0.3) is 0 Å². The molecular formula is C9H15BrN4O. The first kappa shape index (κ1) is 12.2. The van der Waals surface area contributed by atoms with Crippen LogP contribution in [0.2, 0.25) is 0 Å². The van der Waals surface area contributed by atoms with Crippen LogP contribution < -0.4 is 11.1 Å². The summed E-state index contributed by atoms with van der Waals surface area (Å²) in [6.45, 7) is 4.35. The minimum Gasteiger partial charge on any atom is -0.391 e. The fraction of sp³-hybridized carbons (Fsp3) is 0.556. The van der Waals surface area contributed by atoms with Crippen LogP contribution in [0.5, 0.6) is 0 Å². The van der Waals surface area contributed by atoms with Crippen LogP contribution in [0.4, 0.5) is 11.6 Å². The SMILES string of the molecule is CC(C)C(O)CNc1ncnc(N)c1Br. The van der Waals surface area contributed by atoms with Gasteiger partial charge in [-0.1, -0.05) is 13.8 Å². The molecule has 1 heterocycles. The van der Waals surface area contributed by atoms with Crippen molar-refractivity contribution in [2.24, 2.45) is 5.92 Å². The molecule has 0 fully saturated rings. The topological polar surface area (TPSA) is 84.1 Å². The lowest BCUT2D eigenvalue weighted by atomic mass is 10.1. The largest absolute Gasteiger partial charge is 0.391 e. The summed E-state index contributed by atoms with van der Waals surface area (Å²) in [7, 11) is 0. The smallest absolute Gasteiger partial charge is 0.146 e. The minimum absolute atomic E-state index is 0.204. The van der Waals surface area contributed by atoms with Crippen LogP contribution in [0.1, 0.15) is 13.8 Å². The summed E-state index contributed by atoms with van der Waals surface area (Å²) >= 11 is 3.27. The fourth-order valence-electron chi connectivity index (χ4n) is 0.944. The van der Waals surface area contributed by atoms with Crippen LogP contribution in [0.25, 0.3) is 0 Å². The summed E-state index contributed by atoms with van der Waals surface area (Å²) in [6.07, 6.45) is 0.970. The van der Waals surface area contributed by atoms with E-state index in [1.165, 1.54) is 6.33 Å². The van der Waals surface area contributed by atoms with Crippen molar-refractivity contribution in [2.75, 3.05) is 17.6 Å². The molecule has 5 nitrogen and oxygen atoms in total. The number of hydrogen-bond acceptors (Lipinski definition) is 5. The lowest BCUT2D eigenvalue weighted by Gasteiger charge is -2.16. The van der Waals surface area contributed by atoms with Gasteiger partial charge in [0, 0.05) is 6.54 Å². The Bertz CT molecular complexity index is 332. The zero-order valence-electron chi connectivity index (χ0n) is 8.74. The summed E-state index contributed by atoms with van der Waals surface area (Å²) < 4.78 is 0.626. The molecule has 15 heavy (non-hydrogen) atoms. The molecule has 6 heteroatoms. The van der Waals surface area contributed by atoms with Crippen molar-refractivity contribution in [3.05, 3.63) is 10.8 Å². The second kappa shape index (κ2) is 5.27. The Morgan fingerprint density at radius 2 is 2.20 bits per heavy atom. The summed E-state index contributed by atoms with van der Waals surface area (Å²) in [5.74, 6) is 1.18. The van der Waals surface area contributed by atoms with Crippen molar-refractivity contribution in [1.82, 2.24) is 9.97 Å². The molecule has 0 aliphatic rings. The molecule has 1 atom stereocenters. The molecule has 0 aliphatic carbocycles. The van der Waals surface area contributed by atoms with Gasteiger partial charge in [0.15, 0.2) is 0 Å². The second-order valence-corrected chi connectivity index (χ2v) is 4.41. The molecule has 0 aromatic carbocycles. The van der Waals surface area contributed by atoms with Crippen LogP contribution in [0.15, 0.2) is 10.8 Å². The van der Waals surface area contributed by atoms with Gasteiger partial charge in [-0.15, -0.1) is 0 Å². The first-order valence-corrected chi connectivity index (χ1v) is 5.49. The second-order valence-electron chi connectivity index (χ2n) is 3.61. The molecule has 1 rings (SSSR count). The molecule has 0 bridgehead atoms. The van der Waals surface area contributed by atoms with E-state index in [2.05, 4.69) is 31.2 Å². The number of halogens is 1. The van der Waals surface area contributed by atoms with Gasteiger partial charge in [0.05, 0.1) is 6.10 Å². The third-order valence-corrected chi connectivity index (χ3v) is 2.85. The van der Waals surface area contributed by atoms with E-state index in [1.807, 2.05) is 13.8 Å². The Kier molecular flexibility index (Phi) is 4.28. The molecule has 84 valence electrons. The molecule has 0 spiro atoms. The van der Waals surface area contributed by atoms with Crippen molar-refractivity contribution >= 4 is 27.6 Å². The van der Waals surface area contributed by atoms with E-state index in [0.29, 0.717) is 22.7 Å². The molecular weight excluding hydrogens is 260 g/mol. The molecule has 0 saturated heterocycles. The van der Waals surface area contributed by atoms with E-state index in [9.17, 15) is 5.11 Å². The van der Waals surface area contributed by atoms with Gasteiger partial charge >= 0.3 is 0 Å². The third kappa shape index (κ3) is 3.32. The van der Waals surface area contributed by atoms with Crippen molar-refractivity contribution in [3.63, 3.8) is 0 Å². The van der Waals surface area contributed by atoms with Gasteiger partial charge in [-0.25, -0.2) is 9.97 Å². The summed E-state index contributed by atoms with van der Waals surface area (Å²) in [5.41, 5.74) is 5.59. The van der Waals surface area contributed by atoms with Crippen molar-refractivity contribution in [2.45, 2.75) is 20.0 Å². The van der Waals surface area contributed by atoms with E-state index in [-0.39, 0.29) is 5.92 Å².